The van der Waals surface area contributed by atoms with Crippen molar-refractivity contribution in [2.24, 2.45) is 5.16 Å². The molecule has 1 fully saturated rings. The first-order valence-electron chi connectivity index (χ1n) is 11.2. The van der Waals surface area contributed by atoms with Gasteiger partial charge in [-0.25, -0.2) is 13.7 Å². The molecule has 9 heteroatoms. The fourth-order valence-electron chi connectivity index (χ4n) is 3.95. The molecule has 7 nitrogen and oxygen atoms in total. The Morgan fingerprint density at radius 1 is 1.19 bits per heavy atom. The fourth-order valence-corrected chi connectivity index (χ4v) is 4.98. The number of unbranched alkanes of at least 4 members (excludes halogenated alkanes) is 2. The number of pyridine rings is 1. The Bertz CT molecular complexity index is 958. The highest BCUT2D eigenvalue weighted by molar-refractivity contribution is 7.98. The lowest BCUT2D eigenvalue weighted by Gasteiger charge is -2.18. The van der Waals surface area contributed by atoms with Crippen LogP contribution in [-0.2, 0) is 11.3 Å². The van der Waals surface area contributed by atoms with E-state index in [-0.39, 0.29) is 5.82 Å². The third-order valence-electron chi connectivity index (χ3n) is 5.51. The first-order chi connectivity index (χ1) is 15.6. The van der Waals surface area contributed by atoms with Gasteiger partial charge in [0.05, 0.1) is 18.0 Å². The number of nitrogens with two attached hydrogens (primary N) is 1. The van der Waals surface area contributed by atoms with Crippen LogP contribution in [0.4, 0.5) is 15.9 Å². The van der Waals surface area contributed by atoms with Crippen molar-refractivity contribution in [1.29, 1.82) is 0 Å². The largest absolute Gasteiger partial charge is 0.493 e. The van der Waals surface area contributed by atoms with Crippen LogP contribution in [0.25, 0.3) is 0 Å². The molecule has 1 aliphatic carbocycles. The lowest BCUT2D eigenvalue weighted by atomic mass is 10.1. The van der Waals surface area contributed by atoms with Crippen LogP contribution in [-0.4, -0.2) is 47.8 Å². The summed E-state index contributed by atoms with van der Waals surface area (Å²) in [5.41, 5.74) is 9.10. The van der Waals surface area contributed by atoms with Gasteiger partial charge in [0.2, 0.25) is 0 Å². The molecule has 0 atom stereocenters. The summed E-state index contributed by atoms with van der Waals surface area (Å²) in [7, 11) is 0. The van der Waals surface area contributed by atoms with Crippen LogP contribution in [0.15, 0.2) is 35.6 Å². The lowest BCUT2D eigenvalue weighted by Crippen LogP contribution is -2.14. The zero-order chi connectivity index (χ0) is 22.3. The van der Waals surface area contributed by atoms with Crippen LogP contribution >= 0.6 is 12.1 Å². The molecule has 2 heterocycles. The van der Waals surface area contributed by atoms with E-state index in [0.29, 0.717) is 42.5 Å². The maximum absolute atomic E-state index is 14.6. The highest BCUT2D eigenvalue weighted by Gasteiger charge is 2.24. The van der Waals surface area contributed by atoms with Crippen molar-refractivity contribution in [3.63, 3.8) is 0 Å². The minimum atomic E-state index is -0.278. The standard InChI is InChI=1S/C23H30FN5O2S/c1-2-31-27-21-7-6-17-14-19(16-20(24)23(17)21)30-13-5-3-4-10-28-11-12-29(32-28)18-8-9-26-22(25)15-18/h8-9,14-16H,2-7,10-13H2,1H3,(H2,25,26)/b27-21+. The molecule has 4 rings (SSSR count). The summed E-state index contributed by atoms with van der Waals surface area (Å²) in [4.78, 5) is 9.16. The van der Waals surface area contributed by atoms with E-state index >= 15 is 0 Å². The number of halogens is 1. The highest BCUT2D eigenvalue weighted by Crippen LogP contribution is 2.31. The molecule has 172 valence electrons. The van der Waals surface area contributed by atoms with Gasteiger partial charge in [-0.1, -0.05) is 5.16 Å². The molecule has 1 aromatic carbocycles. The van der Waals surface area contributed by atoms with Crippen LogP contribution in [0, 0.1) is 5.82 Å². The van der Waals surface area contributed by atoms with Gasteiger partial charge in [-0.3, -0.25) is 0 Å². The van der Waals surface area contributed by atoms with Crippen molar-refractivity contribution in [1.82, 2.24) is 9.29 Å². The number of rotatable bonds is 10. The molecule has 0 amide bonds. The van der Waals surface area contributed by atoms with Gasteiger partial charge >= 0.3 is 0 Å². The predicted octanol–water partition coefficient (Wildman–Crippen LogP) is 4.42. The summed E-state index contributed by atoms with van der Waals surface area (Å²) in [6.07, 6.45) is 6.32. The number of anilines is 2. The number of aryl methyl sites for hydroxylation is 1. The van der Waals surface area contributed by atoms with Gasteiger partial charge < -0.3 is 19.6 Å². The zero-order valence-electron chi connectivity index (χ0n) is 18.4. The minimum Gasteiger partial charge on any atom is -0.493 e. The second-order valence-electron chi connectivity index (χ2n) is 7.86. The molecule has 32 heavy (non-hydrogen) atoms. The Morgan fingerprint density at radius 3 is 2.94 bits per heavy atom. The molecular weight excluding hydrogens is 429 g/mol. The average Bonchev–Trinajstić information content (AvgIpc) is 3.42. The van der Waals surface area contributed by atoms with Crippen LogP contribution in [0.3, 0.4) is 0 Å². The van der Waals surface area contributed by atoms with E-state index in [9.17, 15) is 4.39 Å². The van der Waals surface area contributed by atoms with Gasteiger partial charge in [0, 0.05) is 55.7 Å². The maximum atomic E-state index is 14.6. The van der Waals surface area contributed by atoms with Crippen LogP contribution < -0.4 is 14.8 Å². The third kappa shape index (κ3) is 5.63. The molecule has 1 aromatic heterocycles. The highest BCUT2D eigenvalue weighted by atomic mass is 32.2. The number of hydrogen-bond acceptors (Lipinski definition) is 8. The van der Waals surface area contributed by atoms with E-state index in [1.54, 1.807) is 18.3 Å². The first kappa shape index (κ1) is 22.7. The average molecular weight is 460 g/mol. The van der Waals surface area contributed by atoms with Crippen molar-refractivity contribution < 1.29 is 14.0 Å². The number of nitrogens with zero attached hydrogens (tertiary/aromatic N) is 4. The van der Waals surface area contributed by atoms with Crippen molar-refractivity contribution in [2.45, 2.75) is 39.0 Å². The summed E-state index contributed by atoms with van der Waals surface area (Å²) >= 11 is 1.74. The fraction of sp³-hybridized carbons (Fsp3) is 0.478. The Kier molecular flexibility index (Phi) is 7.70. The summed E-state index contributed by atoms with van der Waals surface area (Å²) < 4.78 is 25.0. The van der Waals surface area contributed by atoms with Gasteiger partial charge in [0.1, 0.15) is 24.0 Å². The minimum absolute atomic E-state index is 0.278. The second kappa shape index (κ2) is 10.9. The first-order valence-corrected chi connectivity index (χ1v) is 11.9. The normalized spacial score (nSPS) is 17.2. The van der Waals surface area contributed by atoms with Crippen LogP contribution in [0.2, 0.25) is 0 Å². The molecular formula is C23H30FN5O2S. The van der Waals surface area contributed by atoms with E-state index < -0.39 is 0 Å². The molecule has 0 saturated carbocycles. The van der Waals surface area contributed by atoms with Gasteiger partial charge in [-0.15, -0.1) is 0 Å². The molecule has 1 aliphatic heterocycles. The molecule has 1 saturated heterocycles. The maximum Gasteiger partial charge on any atom is 0.136 e. The Labute approximate surface area is 193 Å². The number of ether oxygens (including phenoxy) is 1. The van der Waals surface area contributed by atoms with E-state index in [1.807, 2.05) is 25.1 Å². The molecule has 2 N–H and O–H groups in total. The third-order valence-corrected chi connectivity index (χ3v) is 6.70. The number of benzene rings is 1. The van der Waals surface area contributed by atoms with Crippen LogP contribution in [0.5, 0.6) is 5.75 Å². The molecule has 0 unspecified atom stereocenters. The quantitative estimate of drug-likeness (QED) is 0.320. The summed E-state index contributed by atoms with van der Waals surface area (Å²) in [5.74, 6) is 0.866. The summed E-state index contributed by atoms with van der Waals surface area (Å²) in [6, 6.07) is 7.29. The van der Waals surface area contributed by atoms with Crippen molar-refractivity contribution in [2.75, 3.05) is 42.9 Å². The van der Waals surface area contributed by atoms with E-state index in [1.165, 1.54) is 6.07 Å². The number of fused-ring (bicyclic) bond motifs is 1. The van der Waals surface area contributed by atoms with Crippen molar-refractivity contribution >= 4 is 29.4 Å². The summed E-state index contributed by atoms with van der Waals surface area (Å²) in [5, 5.41) is 4.05. The van der Waals surface area contributed by atoms with E-state index in [2.05, 4.69) is 18.8 Å². The monoisotopic (exact) mass is 459 g/mol. The number of hydrogen-bond donors (Lipinski definition) is 1. The van der Waals surface area contributed by atoms with Gasteiger partial charge in [-0.2, -0.15) is 0 Å². The second-order valence-corrected chi connectivity index (χ2v) is 8.98. The molecule has 0 bridgehead atoms. The molecule has 0 radical (unpaired) electrons. The van der Waals surface area contributed by atoms with Gasteiger partial charge in [-0.05, 0) is 56.7 Å². The van der Waals surface area contributed by atoms with E-state index in [0.717, 1.165) is 56.6 Å². The lowest BCUT2D eigenvalue weighted by molar-refractivity contribution is 0.158. The van der Waals surface area contributed by atoms with Gasteiger partial charge in [0.25, 0.3) is 0 Å². The van der Waals surface area contributed by atoms with Crippen molar-refractivity contribution in [3.8, 4) is 5.75 Å². The summed E-state index contributed by atoms with van der Waals surface area (Å²) in [6.45, 7) is 5.95. The smallest absolute Gasteiger partial charge is 0.136 e. The molecule has 2 aliphatic rings. The van der Waals surface area contributed by atoms with Crippen molar-refractivity contribution in [3.05, 3.63) is 47.4 Å². The predicted molar refractivity (Wildman–Crippen MR) is 127 cm³/mol. The number of nitrogen functional groups attached to an aromatic ring is 1. The van der Waals surface area contributed by atoms with Crippen LogP contribution in [0.1, 0.15) is 43.7 Å². The SMILES string of the molecule is CCO/N=C1\CCc2cc(OCCCCCN3CCN(c4ccnc(N)c4)S3)cc(F)c21. The Balaban J connectivity index is 1.16. The Hall–Kier alpha value is -2.52. The van der Waals surface area contributed by atoms with Gasteiger partial charge in [0.15, 0.2) is 0 Å². The molecule has 2 aromatic rings. The zero-order valence-corrected chi connectivity index (χ0v) is 19.2. The van der Waals surface area contributed by atoms with E-state index in [4.69, 9.17) is 15.3 Å². The number of aromatic nitrogens is 1. The topological polar surface area (TPSA) is 76.2 Å². The Morgan fingerprint density at radius 2 is 2.09 bits per heavy atom. The number of oxime groups is 1. The molecule has 0 spiro atoms.